The maximum Gasteiger partial charge on any atom is 0.313 e. The van der Waals surface area contributed by atoms with Crippen molar-refractivity contribution in [2.45, 2.75) is 98.4 Å². The van der Waals surface area contributed by atoms with E-state index in [1.165, 1.54) is 6.42 Å². The number of hydrogen-bond donors (Lipinski definition) is 1. The zero-order valence-corrected chi connectivity index (χ0v) is 21.2. The second-order valence-electron chi connectivity index (χ2n) is 11.9. The number of aliphatic hydroxyl groups excluding tert-OH is 1. The Morgan fingerprint density at radius 1 is 1.24 bits per heavy atom. The first-order chi connectivity index (χ1) is 13.1. The van der Waals surface area contributed by atoms with Gasteiger partial charge in [0.25, 0.3) is 0 Å². The van der Waals surface area contributed by atoms with Gasteiger partial charge in [0.2, 0.25) is 0 Å². The molecule has 0 unspecified atom stereocenters. The van der Waals surface area contributed by atoms with E-state index in [1.807, 2.05) is 0 Å². The molecule has 4 nitrogen and oxygen atoms in total. The molecule has 2 rings (SSSR count). The highest BCUT2D eigenvalue weighted by Gasteiger charge is 2.54. The second kappa shape index (κ2) is 8.47. The van der Waals surface area contributed by atoms with Crippen LogP contribution in [0, 0.1) is 22.7 Å². The minimum Gasteiger partial charge on any atom is -0.462 e. The summed E-state index contributed by atoms with van der Waals surface area (Å²) in [6, 6.07) is 0. The molecule has 0 aromatic carbocycles. The van der Waals surface area contributed by atoms with Crippen LogP contribution in [0.3, 0.4) is 0 Å². The normalized spacial score (nSPS) is 30.9. The largest absolute Gasteiger partial charge is 0.462 e. The Hall–Kier alpha value is -0.653. The van der Waals surface area contributed by atoms with Gasteiger partial charge in [-0.3, -0.25) is 4.79 Å². The summed E-state index contributed by atoms with van der Waals surface area (Å²) in [6.07, 6.45) is 5.92. The summed E-state index contributed by atoms with van der Waals surface area (Å²) in [5.41, 5.74) is 1.29. The van der Waals surface area contributed by atoms with Crippen molar-refractivity contribution in [3.63, 3.8) is 0 Å². The molecule has 0 radical (unpaired) electrons. The lowest BCUT2D eigenvalue weighted by Crippen LogP contribution is -2.51. The standard InChI is InChI=1S/C24H44O4Si/c1-17-11-12-19-23(5,6)13-10-14-24(19,7)20(17)21(26)27-15-18(25)16-28-29(8,9)22(2,3)4/h11,18-20,25H,10,12-16H2,1-9H3/t18-,19+,20-,24+/m1/s1. The number of fused-ring (bicyclic) bond motifs is 1. The number of allylic oxidation sites excluding steroid dienone is 1. The summed E-state index contributed by atoms with van der Waals surface area (Å²) >= 11 is 0. The van der Waals surface area contributed by atoms with Gasteiger partial charge >= 0.3 is 5.97 Å². The van der Waals surface area contributed by atoms with Crippen molar-refractivity contribution in [1.29, 1.82) is 0 Å². The number of aliphatic hydroxyl groups is 1. The minimum absolute atomic E-state index is 0.00136. The van der Waals surface area contributed by atoms with Crippen LogP contribution in [-0.2, 0) is 14.0 Å². The molecule has 2 aliphatic carbocycles. The zero-order valence-electron chi connectivity index (χ0n) is 20.2. The summed E-state index contributed by atoms with van der Waals surface area (Å²) in [4.78, 5) is 13.1. The van der Waals surface area contributed by atoms with Crippen LogP contribution >= 0.6 is 0 Å². The maximum absolute atomic E-state index is 13.1. The number of rotatable bonds is 6. The van der Waals surface area contributed by atoms with Gasteiger partial charge in [0.05, 0.1) is 12.5 Å². The van der Waals surface area contributed by atoms with E-state index in [4.69, 9.17) is 9.16 Å². The van der Waals surface area contributed by atoms with E-state index < -0.39 is 14.4 Å². The molecule has 5 heteroatoms. The van der Waals surface area contributed by atoms with Crippen LogP contribution < -0.4 is 0 Å². The van der Waals surface area contributed by atoms with Gasteiger partial charge in [-0.2, -0.15) is 0 Å². The Morgan fingerprint density at radius 2 is 1.86 bits per heavy atom. The molecule has 0 aromatic heterocycles. The molecule has 4 atom stereocenters. The molecule has 29 heavy (non-hydrogen) atoms. The Morgan fingerprint density at radius 3 is 2.45 bits per heavy atom. The molecule has 0 heterocycles. The lowest BCUT2D eigenvalue weighted by atomic mass is 9.49. The zero-order chi connectivity index (χ0) is 22.3. The van der Waals surface area contributed by atoms with Crippen molar-refractivity contribution in [1.82, 2.24) is 0 Å². The monoisotopic (exact) mass is 424 g/mol. The fourth-order valence-corrected chi connectivity index (χ4v) is 6.37. The lowest BCUT2D eigenvalue weighted by Gasteiger charge is -2.55. The lowest BCUT2D eigenvalue weighted by molar-refractivity contribution is -0.161. The van der Waals surface area contributed by atoms with Crippen molar-refractivity contribution in [3.8, 4) is 0 Å². The number of esters is 1. The van der Waals surface area contributed by atoms with E-state index in [2.05, 4.69) is 67.6 Å². The van der Waals surface area contributed by atoms with Crippen molar-refractivity contribution < 1.29 is 19.1 Å². The van der Waals surface area contributed by atoms with E-state index in [0.29, 0.717) is 5.92 Å². The van der Waals surface area contributed by atoms with Crippen LogP contribution in [-0.4, -0.2) is 38.7 Å². The molecule has 0 aromatic rings. The van der Waals surface area contributed by atoms with Crippen LogP contribution in [0.4, 0.5) is 0 Å². The molecular weight excluding hydrogens is 380 g/mol. The highest BCUT2D eigenvalue weighted by atomic mass is 28.4. The second-order valence-corrected chi connectivity index (χ2v) is 16.7. The summed E-state index contributed by atoms with van der Waals surface area (Å²) < 4.78 is 11.7. The summed E-state index contributed by atoms with van der Waals surface area (Å²) in [7, 11) is -1.93. The van der Waals surface area contributed by atoms with Crippen LogP contribution in [0.25, 0.3) is 0 Å². The van der Waals surface area contributed by atoms with Crippen LogP contribution in [0.2, 0.25) is 18.1 Å². The predicted octanol–water partition coefficient (Wildman–Crippen LogP) is 5.71. The summed E-state index contributed by atoms with van der Waals surface area (Å²) in [6.45, 7) is 20.1. The summed E-state index contributed by atoms with van der Waals surface area (Å²) in [5, 5.41) is 10.5. The van der Waals surface area contributed by atoms with Gasteiger partial charge < -0.3 is 14.3 Å². The third-order valence-electron chi connectivity index (χ3n) is 8.16. The molecule has 1 fully saturated rings. The average Bonchev–Trinajstić information content (AvgIpc) is 2.55. The molecule has 2 aliphatic rings. The maximum atomic E-state index is 13.1. The van der Waals surface area contributed by atoms with Gasteiger partial charge in [-0.15, -0.1) is 0 Å². The van der Waals surface area contributed by atoms with E-state index >= 15 is 0 Å². The Labute approximate surface area is 179 Å². The predicted molar refractivity (Wildman–Crippen MR) is 121 cm³/mol. The third kappa shape index (κ3) is 5.16. The Balaban J connectivity index is 2.01. The van der Waals surface area contributed by atoms with Crippen molar-refractivity contribution in [2.24, 2.45) is 22.7 Å². The molecule has 0 bridgehead atoms. The number of ether oxygens (including phenoxy) is 1. The SMILES string of the molecule is CC1=CC[C@H]2C(C)(C)CCC[C@]2(C)[C@H]1C(=O)OC[C@@H](O)CO[Si](C)(C)C(C)(C)C. The van der Waals surface area contributed by atoms with Crippen LogP contribution in [0.5, 0.6) is 0 Å². The van der Waals surface area contributed by atoms with E-state index in [0.717, 1.165) is 24.8 Å². The topological polar surface area (TPSA) is 55.8 Å². The molecule has 1 saturated carbocycles. The third-order valence-corrected chi connectivity index (χ3v) is 12.7. The fraction of sp³-hybridized carbons (Fsp3) is 0.875. The van der Waals surface area contributed by atoms with Gasteiger partial charge in [-0.25, -0.2) is 0 Å². The van der Waals surface area contributed by atoms with E-state index in [-0.39, 0.29) is 41.0 Å². The van der Waals surface area contributed by atoms with Gasteiger partial charge in [-0.05, 0) is 61.1 Å². The van der Waals surface area contributed by atoms with Crippen molar-refractivity contribution in [3.05, 3.63) is 11.6 Å². The minimum atomic E-state index is -1.93. The highest BCUT2D eigenvalue weighted by molar-refractivity contribution is 6.74. The number of carbonyl (C=O) groups is 1. The van der Waals surface area contributed by atoms with Gasteiger partial charge in [0.1, 0.15) is 12.7 Å². The number of carbonyl (C=O) groups excluding carboxylic acids is 1. The first-order valence-electron chi connectivity index (χ1n) is 11.3. The molecular formula is C24H44O4Si. The fourth-order valence-electron chi connectivity index (χ4n) is 5.33. The van der Waals surface area contributed by atoms with Gasteiger partial charge in [-0.1, -0.05) is 59.6 Å². The van der Waals surface area contributed by atoms with Crippen molar-refractivity contribution >= 4 is 14.3 Å². The average molecular weight is 425 g/mol. The molecule has 0 spiro atoms. The smallest absolute Gasteiger partial charge is 0.313 e. The highest BCUT2D eigenvalue weighted by Crippen LogP contribution is 2.59. The Kier molecular flexibility index (Phi) is 7.19. The quantitative estimate of drug-likeness (QED) is 0.337. The van der Waals surface area contributed by atoms with Gasteiger partial charge in [0.15, 0.2) is 8.32 Å². The van der Waals surface area contributed by atoms with E-state index in [1.54, 1.807) is 0 Å². The number of hydrogen-bond acceptors (Lipinski definition) is 4. The van der Waals surface area contributed by atoms with Gasteiger partial charge in [0, 0.05) is 0 Å². The molecule has 0 saturated heterocycles. The van der Waals surface area contributed by atoms with E-state index in [9.17, 15) is 9.90 Å². The van der Waals surface area contributed by atoms with Crippen molar-refractivity contribution in [2.75, 3.05) is 13.2 Å². The Bertz CT molecular complexity index is 631. The molecule has 0 amide bonds. The van der Waals surface area contributed by atoms with Crippen LogP contribution in [0.15, 0.2) is 11.6 Å². The molecule has 168 valence electrons. The summed E-state index contributed by atoms with van der Waals surface area (Å²) in [5.74, 6) is 0.0844. The first-order valence-corrected chi connectivity index (χ1v) is 14.2. The molecule has 1 N–H and O–H groups in total. The van der Waals surface area contributed by atoms with Crippen LogP contribution in [0.1, 0.15) is 74.1 Å². The molecule has 0 aliphatic heterocycles. The first kappa shape index (κ1) is 24.6.